The molecule has 0 aliphatic heterocycles. The van der Waals surface area contributed by atoms with Crippen LogP contribution in [-0.2, 0) is 17.1 Å². The molecule has 0 atom stereocenters. The summed E-state index contributed by atoms with van der Waals surface area (Å²) >= 11 is 0. The molecule has 5 aromatic heterocycles. The molecule has 0 N–H and O–H groups in total. The Hall–Kier alpha value is -4.45. The van der Waals surface area contributed by atoms with Crippen molar-refractivity contribution in [1.29, 1.82) is 0 Å². The van der Waals surface area contributed by atoms with Crippen molar-refractivity contribution in [1.82, 2.24) is 33.3 Å². The van der Waals surface area contributed by atoms with Crippen molar-refractivity contribution in [2.75, 3.05) is 0 Å². The summed E-state index contributed by atoms with van der Waals surface area (Å²) in [6, 6.07) is 8.02. The molecule has 0 aliphatic rings. The highest BCUT2D eigenvalue weighted by molar-refractivity contribution is 7.90. The minimum absolute atomic E-state index is 0.125. The highest BCUT2D eigenvalue weighted by atomic mass is 32.2. The second kappa shape index (κ2) is 7.53. The zero-order valence-electron chi connectivity index (χ0n) is 18.0. The second-order valence-electron chi connectivity index (χ2n) is 7.89. The molecule has 6 rings (SSSR count). The Bertz CT molecular complexity index is 1870. The molecule has 0 unspecified atom stereocenters. The number of fused-ring (bicyclic) bond motifs is 2. The quantitative estimate of drug-likeness (QED) is 0.373. The van der Waals surface area contributed by atoms with E-state index in [1.165, 1.54) is 29.1 Å². The first-order valence-corrected chi connectivity index (χ1v) is 11.8. The third-order valence-electron chi connectivity index (χ3n) is 5.63. The predicted octanol–water partition coefficient (Wildman–Crippen LogP) is 3.66. The molecular weight excluding hydrogens is 476 g/mol. The van der Waals surface area contributed by atoms with Gasteiger partial charge in [0.15, 0.2) is 5.03 Å². The van der Waals surface area contributed by atoms with Crippen LogP contribution in [0.2, 0.25) is 0 Å². The fourth-order valence-corrected chi connectivity index (χ4v) is 5.26. The van der Waals surface area contributed by atoms with E-state index < -0.39 is 21.7 Å². The van der Waals surface area contributed by atoms with Crippen molar-refractivity contribution in [3.05, 3.63) is 85.2 Å². The number of aryl methyl sites for hydroxylation is 1. The van der Waals surface area contributed by atoms with E-state index in [2.05, 4.69) is 20.2 Å². The number of hydrogen-bond acceptors (Lipinski definition) is 6. The van der Waals surface area contributed by atoms with Crippen molar-refractivity contribution in [2.24, 2.45) is 7.05 Å². The van der Waals surface area contributed by atoms with Crippen LogP contribution in [0.1, 0.15) is 0 Å². The van der Waals surface area contributed by atoms with Gasteiger partial charge in [-0.1, -0.05) is 0 Å². The van der Waals surface area contributed by atoms with Gasteiger partial charge in [-0.25, -0.2) is 13.8 Å². The zero-order chi connectivity index (χ0) is 24.3. The van der Waals surface area contributed by atoms with E-state index in [0.29, 0.717) is 22.3 Å². The number of pyridine rings is 2. The van der Waals surface area contributed by atoms with Crippen molar-refractivity contribution < 1.29 is 17.2 Å². The molecule has 5 heterocycles. The molecule has 174 valence electrons. The maximum Gasteiger partial charge on any atom is 0.301 e. The summed E-state index contributed by atoms with van der Waals surface area (Å²) in [5, 5.41) is 8.04. The lowest BCUT2D eigenvalue weighted by Gasteiger charge is -2.08. The minimum Gasteiger partial charge on any atom is -0.288 e. The lowest BCUT2D eigenvalue weighted by molar-refractivity contribution is 0.577. The van der Waals surface area contributed by atoms with Crippen LogP contribution in [0.5, 0.6) is 0 Å². The maximum absolute atomic E-state index is 14.4. The molecule has 0 radical (unpaired) electrons. The summed E-state index contributed by atoms with van der Waals surface area (Å²) < 4.78 is 58.9. The van der Waals surface area contributed by atoms with Crippen LogP contribution < -0.4 is 0 Å². The number of imidazole rings is 1. The second-order valence-corrected chi connectivity index (χ2v) is 9.60. The predicted molar refractivity (Wildman–Crippen MR) is 123 cm³/mol. The van der Waals surface area contributed by atoms with Crippen LogP contribution in [0.3, 0.4) is 0 Å². The van der Waals surface area contributed by atoms with Gasteiger partial charge in [0.1, 0.15) is 28.3 Å². The van der Waals surface area contributed by atoms with Gasteiger partial charge in [-0.3, -0.25) is 14.1 Å². The summed E-state index contributed by atoms with van der Waals surface area (Å²) in [5.41, 5.74) is 2.93. The Labute approximate surface area is 197 Å². The highest BCUT2D eigenvalue weighted by Crippen LogP contribution is 2.28. The largest absolute Gasteiger partial charge is 0.301 e. The Kier molecular flexibility index (Phi) is 4.54. The Morgan fingerprint density at radius 3 is 2.46 bits per heavy atom. The molecule has 0 saturated carbocycles. The summed E-state index contributed by atoms with van der Waals surface area (Å²) in [5.74, 6) is -1.47. The van der Waals surface area contributed by atoms with Gasteiger partial charge in [-0.05, 0) is 30.3 Å². The molecule has 0 amide bonds. The van der Waals surface area contributed by atoms with Gasteiger partial charge in [-0.2, -0.15) is 22.7 Å². The fourth-order valence-electron chi connectivity index (χ4n) is 3.93. The fraction of sp³-hybridized carbons (Fsp3) is 0.0435. The van der Waals surface area contributed by atoms with E-state index in [4.69, 9.17) is 0 Å². The number of nitrogens with zero attached hydrogens (tertiary/aromatic N) is 7. The van der Waals surface area contributed by atoms with Crippen molar-refractivity contribution in [3.8, 4) is 22.3 Å². The highest BCUT2D eigenvalue weighted by Gasteiger charge is 2.25. The van der Waals surface area contributed by atoms with E-state index in [9.17, 15) is 17.2 Å². The first kappa shape index (κ1) is 21.1. The summed E-state index contributed by atoms with van der Waals surface area (Å²) in [4.78, 5) is 8.51. The maximum atomic E-state index is 14.4. The number of halogens is 2. The topological polar surface area (TPSA) is 100.0 Å². The molecule has 9 nitrogen and oxygen atoms in total. The van der Waals surface area contributed by atoms with Crippen LogP contribution in [0.15, 0.2) is 78.6 Å². The summed E-state index contributed by atoms with van der Waals surface area (Å²) in [6.07, 6.45) is 9.08. The smallest absolute Gasteiger partial charge is 0.288 e. The Balaban J connectivity index is 1.50. The van der Waals surface area contributed by atoms with E-state index >= 15 is 0 Å². The molecule has 0 spiro atoms. The third kappa shape index (κ3) is 3.37. The average Bonchev–Trinajstić information content (AvgIpc) is 3.56. The number of hydrogen-bond donors (Lipinski definition) is 0. The average molecular weight is 491 g/mol. The van der Waals surface area contributed by atoms with Crippen LogP contribution >= 0.6 is 0 Å². The van der Waals surface area contributed by atoms with Gasteiger partial charge in [-0.15, -0.1) is 0 Å². The molecule has 35 heavy (non-hydrogen) atoms. The van der Waals surface area contributed by atoms with Crippen LogP contribution in [-0.4, -0.2) is 41.8 Å². The van der Waals surface area contributed by atoms with Crippen LogP contribution in [0.4, 0.5) is 8.78 Å². The van der Waals surface area contributed by atoms with Crippen molar-refractivity contribution in [3.63, 3.8) is 0 Å². The van der Waals surface area contributed by atoms with E-state index in [1.54, 1.807) is 48.5 Å². The van der Waals surface area contributed by atoms with Gasteiger partial charge in [0.05, 0.1) is 18.6 Å². The standard InChI is InChI=1S/C23H15F2N7O2S/c1-30-12-16(9-28-30)15-6-21-20(26-8-15)10-29-32(21)35(33,34)23-11-27-22-5-2-14(13-31(22)23)18-4-3-17(24)7-19(18)25/h2-13H,1H3. The molecule has 12 heteroatoms. The molecule has 6 aromatic rings. The molecule has 1 aromatic carbocycles. The monoisotopic (exact) mass is 491 g/mol. The summed E-state index contributed by atoms with van der Waals surface area (Å²) in [7, 11) is -2.44. The summed E-state index contributed by atoms with van der Waals surface area (Å²) in [6.45, 7) is 0. The zero-order valence-corrected chi connectivity index (χ0v) is 18.9. The third-order valence-corrected chi connectivity index (χ3v) is 7.21. The number of rotatable bonds is 4. The minimum atomic E-state index is -4.22. The SMILES string of the molecule is Cn1cc(-c2cnc3cnn(S(=O)(=O)c4cnc5ccc(-c6ccc(F)cc6F)cn45)c3c2)cn1. The van der Waals surface area contributed by atoms with E-state index in [1.807, 2.05) is 0 Å². The normalized spacial score (nSPS) is 12.1. The molecular formula is C23H15F2N7O2S. The first-order chi connectivity index (χ1) is 16.8. The van der Waals surface area contributed by atoms with Gasteiger partial charge >= 0.3 is 10.0 Å². The molecule has 0 bridgehead atoms. The van der Waals surface area contributed by atoms with Gasteiger partial charge in [0, 0.05) is 54.0 Å². The van der Waals surface area contributed by atoms with Crippen molar-refractivity contribution >= 4 is 26.7 Å². The molecule has 0 saturated heterocycles. The Morgan fingerprint density at radius 1 is 0.829 bits per heavy atom. The lowest BCUT2D eigenvalue weighted by Crippen LogP contribution is -2.16. The molecule has 0 fully saturated rings. The lowest BCUT2D eigenvalue weighted by atomic mass is 10.1. The van der Waals surface area contributed by atoms with Crippen LogP contribution in [0.25, 0.3) is 38.9 Å². The Morgan fingerprint density at radius 2 is 1.69 bits per heavy atom. The van der Waals surface area contributed by atoms with E-state index in [-0.39, 0.29) is 16.1 Å². The van der Waals surface area contributed by atoms with Crippen molar-refractivity contribution in [2.45, 2.75) is 5.03 Å². The molecule has 0 aliphatic carbocycles. The van der Waals surface area contributed by atoms with Gasteiger partial charge < -0.3 is 0 Å². The van der Waals surface area contributed by atoms with Crippen LogP contribution in [0, 0.1) is 11.6 Å². The number of aromatic nitrogens is 7. The van der Waals surface area contributed by atoms with E-state index in [0.717, 1.165) is 21.8 Å². The van der Waals surface area contributed by atoms with Gasteiger partial charge in [0.2, 0.25) is 0 Å². The number of benzene rings is 1. The van der Waals surface area contributed by atoms with Gasteiger partial charge in [0.25, 0.3) is 0 Å². The first-order valence-electron chi connectivity index (χ1n) is 10.3.